The van der Waals surface area contributed by atoms with Crippen LogP contribution in [-0.4, -0.2) is 30.9 Å². The second-order valence-electron chi connectivity index (χ2n) is 9.58. The number of hydrogen-bond acceptors (Lipinski definition) is 2. The highest BCUT2D eigenvalue weighted by molar-refractivity contribution is 5.83. The summed E-state index contributed by atoms with van der Waals surface area (Å²) in [5.41, 5.74) is 6.25. The Morgan fingerprint density at radius 2 is 1.81 bits per heavy atom. The molecule has 0 aliphatic heterocycles. The first-order valence-corrected chi connectivity index (χ1v) is 8.63. The molecule has 0 heterocycles. The Hall–Kier alpha value is -0.570. The van der Waals surface area contributed by atoms with E-state index in [2.05, 4.69) is 20.8 Å². The molecule has 2 atom stereocenters. The largest absolute Gasteiger partial charge is 0.345 e. The van der Waals surface area contributed by atoms with Gasteiger partial charge in [-0.15, -0.1) is 0 Å². The molecular weight excluding hydrogens is 260 g/mol. The minimum absolute atomic E-state index is 0.0105. The molecule has 4 saturated carbocycles. The zero-order chi connectivity index (χ0) is 15.5. The van der Waals surface area contributed by atoms with Crippen LogP contribution >= 0.6 is 0 Å². The lowest BCUT2D eigenvalue weighted by Gasteiger charge is -2.61. The summed E-state index contributed by atoms with van der Waals surface area (Å²) in [4.78, 5) is 15.2. The molecule has 4 fully saturated rings. The highest BCUT2D eigenvalue weighted by Crippen LogP contribution is 2.65. The molecule has 0 aromatic carbocycles. The Bertz CT molecular complexity index is 428. The number of nitrogens with zero attached hydrogens (tertiary/aromatic N) is 1. The van der Waals surface area contributed by atoms with Crippen LogP contribution in [-0.2, 0) is 4.79 Å². The van der Waals surface area contributed by atoms with Crippen LogP contribution < -0.4 is 5.73 Å². The minimum Gasteiger partial charge on any atom is -0.345 e. The van der Waals surface area contributed by atoms with Crippen molar-refractivity contribution < 1.29 is 4.79 Å². The van der Waals surface area contributed by atoms with Crippen molar-refractivity contribution in [1.29, 1.82) is 0 Å². The van der Waals surface area contributed by atoms with Gasteiger partial charge in [0, 0.05) is 13.6 Å². The van der Waals surface area contributed by atoms with Crippen LogP contribution in [0.3, 0.4) is 0 Å². The van der Waals surface area contributed by atoms with Gasteiger partial charge in [0.25, 0.3) is 0 Å². The van der Waals surface area contributed by atoms with Crippen molar-refractivity contribution in [3.63, 3.8) is 0 Å². The molecule has 0 radical (unpaired) electrons. The summed E-state index contributed by atoms with van der Waals surface area (Å²) in [5, 5.41) is 0. The third kappa shape index (κ3) is 2.62. The SMILES string of the molecule is CN(CC(C)(C)CN)C(=O)C12CC3CC(CC(C)(C3)C1)C2. The molecule has 120 valence electrons. The molecule has 4 rings (SSSR count). The van der Waals surface area contributed by atoms with Crippen molar-refractivity contribution in [3.05, 3.63) is 0 Å². The van der Waals surface area contributed by atoms with Crippen LogP contribution in [0.2, 0.25) is 0 Å². The van der Waals surface area contributed by atoms with Crippen LogP contribution in [0.4, 0.5) is 0 Å². The van der Waals surface area contributed by atoms with Gasteiger partial charge in [0.1, 0.15) is 0 Å². The maximum atomic E-state index is 13.2. The van der Waals surface area contributed by atoms with Gasteiger partial charge in [-0.3, -0.25) is 4.79 Å². The molecule has 2 unspecified atom stereocenters. The zero-order valence-corrected chi connectivity index (χ0v) is 14.2. The first-order valence-electron chi connectivity index (χ1n) is 8.63. The van der Waals surface area contributed by atoms with Crippen molar-refractivity contribution in [2.75, 3.05) is 20.1 Å². The molecule has 4 aliphatic carbocycles. The number of amides is 1. The fourth-order valence-electron chi connectivity index (χ4n) is 6.15. The van der Waals surface area contributed by atoms with E-state index in [0.717, 1.165) is 37.6 Å². The third-order valence-electron chi connectivity index (χ3n) is 6.37. The normalized spacial score (nSPS) is 41.4. The lowest BCUT2D eigenvalue weighted by Crippen LogP contribution is -2.57. The quantitative estimate of drug-likeness (QED) is 0.865. The predicted molar refractivity (Wildman–Crippen MR) is 85.7 cm³/mol. The summed E-state index contributed by atoms with van der Waals surface area (Å²) < 4.78 is 0. The standard InChI is InChI=1S/C18H32N2O/c1-16(2,11-19)12-20(4)15(21)18-8-13-5-14(9-18)7-17(3,6-13)10-18/h13-14H,5-12,19H2,1-4H3. The van der Waals surface area contributed by atoms with Crippen LogP contribution in [0.1, 0.15) is 59.3 Å². The summed E-state index contributed by atoms with van der Waals surface area (Å²) in [6.07, 6.45) is 7.51. The van der Waals surface area contributed by atoms with E-state index in [1.54, 1.807) is 0 Å². The Kier molecular flexibility index (Phi) is 3.44. The fraction of sp³-hybridized carbons (Fsp3) is 0.944. The molecule has 4 bridgehead atoms. The molecule has 3 heteroatoms. The Morgan fingerprint density at radius 3 is 2.29 bits per heavy atom. The summed E-state index contributed by atoms with van der Waals surface area (Å²) in [6.45, 7) is 8.13. The second-order valence-corrected chi connectivity index (χ2v) is 9.58. The van der Waals surface area contributed by atoms with Gasteiger partial charge in [0.05, 0.1) is 5.41 Å². The van der Waals surface area contributed by atoms with Crippen LogP contribution in [0, 0.1) is 28.1 Å². The van der Waals surface area contributed by atoms with Gasteiger partial charge in [-0.05, 0) is 67.7 Å². The van der Waals surface area contributed by atoms with Crippen molar-refractivity contribution in [1.82, 2.24) is 4.90 Å². The highest BCUT2D eigenvalue weighted by Gasteiger charge is 2.59. The molecule has 2 N–H and O–H groups in total. The molecule has 0 saturated heterocycles. The van der Waals surface area contributed by atoms with Crippen molar-refractivity contribution in [3.8, 4) is 0 Å². The predicted octanol–water partition coefficient (Wildman–Crippen LogP) is 3.04. The van der Waals surface area contributed by atoms with Gasteiger partial charge < -0.3 is 10.6 Å². The molecule has 21 heavy (non-hydrogen) atoms. The van der Waals surface area contributed by atoms with E-state index < -0.39 is 0 Å². The molecule has 0 aromatic heterocycles. The van der Waals surface area contributed by atoms with Gasteiger partial charge in [0.15, 0.2) is 0 Å². The van der Waals surface area contributed by atoms with Gasteiger partial charge >= 0.3 is 0 Å². The van der Waals surface area contributed by atoms with E-state index in [9.17, 15) is 4.79 Å². The molecule has 3 nitrogen and oxygen atoms in total. The summed E-state index contributed by atoms with van der Waals surface area (Å²) in [6, 6.07) is 0. The van der Waals surface area contributed by atoms with Gasteiger partial charge in [-0.25, -0.2) is 0 Å². The average Bonchev–Trinajstić information content (AvgIpc) is 2.34. The molecule has 4 aliphatic rings. The van der Waals surface area contributed by atoms with Crippen LogP contribution in [0.25, 0.3) is 0 Å². The van der Waals surface area contributed by atoms with E-state index >= 15 is 0 Å². The van der Waals surface area contributed by atoms with E-state index in [1.807, 2.05) is 11.9 Å². The Balaban J connectivity index is 1.78. The first-order chi connectivity index (χ1) is 9.67. The van der Waals surface area contributed by atoms with Crippen molar-refractivity contribution in [2.24, 2.45) is 33.8 Å². The first kappa shape index (κ1) is 15.3. The summed E-state index contributed by atoms with van der Waals surface area (Å²) in [7, 11) is 1.99. The van der Waals surface area contributed by atoms with Gasteiger partial charge in [-0.2, -0.15) is 0 Å². The van der Waals surface area contributed by atoms with Crippen LogP contribution in [0.15, 0.2) is 0 Å². The monoisotopic (exact) mass is 292 g/mol. The highest BCUT2D eigenvalue weighted by atomic mass is 16.2. The van der Waals surface area contributed by atoms with Crippen LogP contribution in [0.5, 0.6) is 0 Å². The summed E-state index contributed by atoms with van der Waals surface area (Å²) in [5.74, 6) is 2.01. The number of carbonyl (C=O) groups is 1. The molecule has 0 aromatic rings. The average molecular weight is 292 g/mol. The molecular formula is C18H32N2O. The maximum Gasteiger partial charge on any atom is 0.228 e. The van der Waals surface area contributed by atoms with E-state index in [0.29, 0.717) is 17.9 Å². The van der Waals surface area contributed by atoms with E-state index in [-0.39, 0.29) is 10.8 Å². The number of carbonyl (C=O) groups excluding carboxylic acids is 1. The maximum absolute atomic E-state index is 13.2. The number of nitrogens with two attached hydrogens (primary N) is 1. The number of hydrogen-bond donors (Lipinski definition) is 1. The van der Waals surface area contributed by atoms with E-state index in [4.69, 9.17) is 5.73 Å². The zero-order valence-electron chi connectivity index (χ0n) is 14.2. The fourth-order valence-corrected chi connectivity index (χ4v) is 6.15. The van der Waals surface area contributed by atoms with Crippen molar-refractivity contribution >= 4 is 5.91 Å². The van der Waals surface area contributed by atoms with Crippen molar-refractivity contribution in [2.45, 2.75) is 59.3 Å². The Labute approximate surface area is 129 Å². The topological polar surface area (TPSA) is 46.3 Å². The second kappa shape index (κ2) is 4.71. The van der Waals surface area contributed by atoms with E-state index in [1.165, 1.54) is 19.3 Å². The lowest BCUT2D eigenvalue weighted by atomic mass is 9.44. The number of rotatable bonds is 4. The molecule has 0 spiro atoms. The minimum atomic E-state index is -0.0434. The van der Waals surface area contributed by atoms with Gasteiger partial charge in [-0.1, -0.05) is 20.8 Å². The lowest BCUT2D eigenvalue weighted by molar-refractivity contribution is -0.165. The molecule has 1 amide bonds. The smallest absolute Gasteiger partial charge is 0.228 e. The Morgan fingerprint density at radius 1 is 1.24 bits per heavy atom. The third-order valence-corrected chi connectivity index (χ3v) is 6.37. The summed E-state index contributed by atoms with van der Waals surface area (Å²) >= 11 is 0. The van der Waals surface area contributed by atoms with Gasteiger partial charge in [0.2, 0.25) is 5.91 Å².